The Balaban J connectivity index is 1.22. The number of hydrogen-bond acceptors (Lipinski definition) is 7. The molecule has 37 heavy (non-hydrogen) atoms. The van der Waals surface area contributed by atoms with E-state index in [4.69, 9.17) is 4.98 Å². The number of carbonyl (C=O) groups excluding carboxylic acids is 3. The molecule has 2 unspecified atom stereocenters. The summed E-state index contributed by atoms with van der Waals surface area (Å²) in [6.07, 6.45) is 4.63. The minimum Gasteiger partial charge on any atom is -0.349 e. The van der Waals surface area contributed by atoms with E-state index in [1.165, 1.54) is 21.7 Å². The third-order valence-corrected chi connectivity index (χ3v) is 7.19. The average molecular weight is 511 g/mol. The number of imide groups is 1. The molecule has 0 bridgehead atoms. The molecular weight excluding hydrogens is 486 g/mol. The second-order valence-electron chi connectivity index (χ2n) is 9.47. The molecule has 192 valence electrons. The van der Waals surface area contributed by atoms with E-state index in [-0.39, 0.29) is 43.2 Å². The maximum absolute atomic E-state index is 14.5. The molecule has 3 fully saturated rings. The van der Waals surface area contributed by atoms with Crippen molar-refractivity contribution in [3.05, 3.63) is 53.9 Å². The van der Waals surface area contributed by atoms with Crippen molar-refractivity contribution in [3.8, 4) is 0 Å². The average Bonchev–Trinajstić information content (AvgIpc) is 3.61. The number of likely N-dealkylation sites (tertiary alicyclic amines) is 1. The van der Waals surface area contributed by atoms with Crippen molar-refractivity contribution in [1.82, 2.24) is 30.1 Å². The van der Waals surface area contributed by atoms with Gasteiger partial charge in [0.2, 0.25) is 11.8 Å². The van der Waals surface area contributed by atoms with Gasteiger partial charge < -0.3 is 20.4 Å². The minimum absolute atomic E-state index is 0.0140. The van der Waals surface area contributed by atoms with E-state index in [0.29, 0.717) is 30.1 Å². The summed E-state index contributed by atoms with van der Waals surface area (Å²) in [4.78, 5) is 45.1. The molecule has 3 aliphatic rings. The molecule has 13 heteroatoms. The highest BCUT2D eigenvalue weighted by molar-refractivity contribution is 5.99. The van der Waals surface area contributed by atoms with E-state index in [9.17, 15) is 23.2 Å². The third-order valence-electron chi connectivity index (χ3n) is 7.19. The number of fused-ring (bicyclic) bond motifs is 2. The van der Waals surface area contributed by atoms with Crippen molar-refractivity contribution in [1.29, 1.82) is 0 Å². The summed E-state index contributed by atoms with van der Waals surface area (Å²) in [5.41, 5.74) is 1.05. The maximum Gasteiger partial charge on any atom is 0.322 e. The molecule has 0 aliphatic carbocycles. The number of anilines is 2. The highest BCUT2D eigenvalue weighted by Gasteiger charge is 2.42. The largest absolute Gasteiger partial charge is 0.349 e. The van der Waals surface area contributed by atoms with E-state index >= 15 is 0 Å². The summed E-state index contributed by atoms with van der Waals surface area (Å²) in [5.74, 6) is -1.71. The van der Waals surface area contributed by atoms with Gasteiger partial charge in [-0.25, -0.2) is 23.1 Å². The van der Waals surface area contributed by atoms with Crippen molar-refractivity contribution < 1.29 is 23.2 Å². The van der Waals surface area contributed by atoms with Crippen LogP contribution in [0.25, 0.3) is 5.65 Å². The van der Waals surface area contributed by atoms with Crippen molar-refractivity contribution in [3.63, 3.8) is 0 Å². The topological polar surface area (TPSA) is 124 Å². The summed E-state index contributed by atoms with van der Waals surface area (Å²) < 4.78 is 29.9. The predicted octanol–water partition coefficient (Wildman–Crippen LogP) is 1.43. The van der Waals surface area contributed by atoms with Crippen LogP contribution in [-0.4, -0.2) is 69.6 Å². The van der Waals surface area contributed by atoms with Gasteiger partial charge in [-0.1, -0.05) is 0 Å². The van der Waals surface area contributed by atoms with Gasteiger partial charge in [-0.15, -0.1) is 0 Å². The quantitative estimate of drug-likeness (QED) is 0.456. The Morgan fingerprint density at radius 2 is 2.03 bits per heavy atom. The second-order valence-corrected chi connectivity index (χ2v) is 9.47. The van der Waals surface area contributed by atoms with E-state index < -0.39 is 29.5 Å². The third kappa shape index (κ3) is 4.24. The number of halogens is 2. The van der Waals surface area contributed by atoms with Crippen molar-refractivity contribution >= 4 is 35.0 Å². The van der Waals surface area contributed by atoms with Gasteiger partial charge in [-0.05, 0) is 37.1 Å². The Morgan fingerprint density at radius 1 is 1.16 bits per heavy atom. The number of aromatic nitrogens is 3. The number of amides is 4. The molecule has 4 amide bonds. The van der Waals surface area contributed by atoms with Gasteiger partial charge in [0.05, 0.1) is 24.7 Å². The summed E-state index contributed by atoms with van der Waals surface area (Å²) in [5, 5.41) is 12.4. The van der Waals surface area contributed by atoms with Crippen LogP contribution in [0.3, 0.4) is 0 Å². The van der Waals surface area contributed by atoms with Crippen LogP contribution in [0.15, 0.2) is 36.7 Å². The van der Waals surface area contributed by atoms with Gasteiger partial charge in [-0.3, -0.25) is 14.9 Å². The number of hydrogen-bond donors (Lipinski definition) is 3. The van der Waals surface area contributed by atoms with Crippen LogP contribution in [0.5, 0.6) is 0 Å². The Morgan fingerprint density at radius 3 is 2.89 bits per heavy atom. The predicted molar refractivity (Wildman–Crippen MR) is 128 cm³/mol. The summed E-state index contributed by atoms with van der Waals surface area (Å²) >= 11 is 0. The van der Waals surface area contributed by atoms with E-state index in [1.54, 1.807) is 12.3 Å². The first-order chi connectivity index (χ1) is 17.9. The van der Waals surface area contributed by atoms with Gasteiger partial charge >= 0.3 is 6.03 Å². The molecule has 0 radical (unpaired) electrons. The molecule has 0 spiro atoms. The van der Waals surface area contributed by atoms with Gasteiger partial charge in [0.1, 0.15) is 23.1 Å². The summed E-state index contributed by atoms with van der Waals surface area (Å²) in [7, 11) is 0. The number of nitrogens with one attached hydrogen (secondary N) is 3. The molecule has 11 nitrogen and oxygen atoms in total. The highest BCUT2D eigenvalue weighted by atomic mass is 19.1. The second kappa shape index (κ2) is 9.07. The smallest absolute Gasteiger partial charge is 0.322 e. The van der Waals surface area contributed by atoms with Gasteiger partial charge in [-0.2, -0.15) is 5.10 Å². The molecule has 6 rings (SSSR count). The van der Waals surface area contributed by atoms with Crippen LogP contribution in [-0.2, 0) is 9.59 Å². The zero-order valence-corrected chi connectivity index (χ0v) is 19.7. The lowest BCUT2D eigenvalue weighted by molar-refractivity contribution is -0.130. The lowest BCUT2D eigenvalue weighted by Crippen LogP contribution is -2.39. The molecule has 5 heterocycles. The monoisotopic (exact) mass is 510 g/mol. The normalized spacial score (nSPS) is 23.8. The Bertz CT molecular complexity index is 1410. The first-order valence-corrected chi connectivity index (χ1v) is 12.1. The lowest BCUT2D eigenvalue weighted by atomic mass is 10.0. The van der Waals surface area contributed by atoms with E-state index in [0.717, 1.165) is 18.6 Å². The fourth-order valence-corrected chi connectivity index (χ4v) is 5.38. The Kier molecular flexibility index (Phi) is 5.71. The Hall–Kier alpha value is -4.13. The fraction of sp³-hybridized carbons (Fsp3) is 0.375. The van der Waals surface area contributed by atoms with Gasteiger partial charge in [0, 0.05) is 37.4 Å². The van der Waals surface area contributed by atoms with Crippen LogP contribution < -0.4 is 20.9 Å². The van der Waals surface area contributed by atoms with Crippen molar-refractivity contribution in [2.45, 2.75) is 24.9 Å². The van der Waals surface area contributed by atoms with Crippen molar-refractivity contribution in [2.24, 2.45) is 5.92 Å². The first-order valence-electron chi connectivity index (χ1n) is 12.1. The lowest BCUT2D eigenvalue weighted by Gasteiger charge is -2.26. The number of benzene rings is 1. The minimum atomic E-state index is -0.527. The molecular formula is C24H24F2N8O3. The zero-order valence-electron chi connectivity index (χ0n) is 19.7. The Labute approximate surface area is 209 Å². The van der Waals surface area contributed by atoms with Crippen LogP contribution in [0, 0.1) is 17.6 Å². The number of urea groups is 1. The summed E-state index contributed by atoms with van der Waals surface area (Å²) in [6, 6.07) is 4.10. The SMILES string of the molecule is O=C1CNC2CN(C(=O)Nc3cnn4ccc(N5CCC[C@@H]5c5cc(F)ccc5F)nc34)CC2C(=O)N1. The maximum atomic E-state index is 14.5. The zero-order chi connectivity index (χ0) is 25.7. The standard InChI is InChI=1S/C24H24F2N8O3/c25-13-3-4-16(26)14(8-13)19-2-1-6-33(19)20-5-7-34-22(30-20)17(9-28-34)29-24(37)32-11-15-18(12-32)27-10-21(35)31-23(15)36/h3-5,7-9,15,18-19,27H,1-2,6,10-12H2,(H,29,37)(H,31,35,36)/t15?,18?,19-/m1/s1. The summed E-state index contributed by atoms with van der Waals surface area (Å²) in [6.45, 7) is 1.06. The van der Waals surface area contributed by atoms with Crippen LogP contribution >= 0.6 is 0 Å². The molecule has 3 saturated heterocycles. The molecule has 3 aliphatic heterocycles. The van der Waals surface area contributed by atoms with E-state index in [1.807, 2.05) is 4.90 Å². The highest BCUT2D eigenvalue weighted by Crippen LogP contribution is 2.37. The molecule has 0 saturated carbocycles. The molecule has 1 aromatic carbocycles. The number of carbonyl (C=O) groups is 3. The van der Waals surface area contributed by atoms with Gasteiger partial charge in [0.25, 0.3) is 0 Å². The van der Waals surface area contributed by atoms with Gasteiger partial charge in [0.15, 0.2) is 5.65 Å². The number of nitrogens with zero attached hydrogens (tertiary/aromatic N) is 5. The van der Waals surface area contributed by atoms with Crippen LogP contribution in [0.4, 0.5) is 25.1 Å². The van der Waals surface area contributed by atoms with Crippen LogP contribution in [0.2, 0.25) is 0 Å². The number of rotatable bonds is 3. The van der Waals surface area contributed by atoms with E-state index in [2.05, 4.69) is 21.0 Å². The van der Waals surface area contributed by atoms with Crippen molar-refractivity contribution in [2.75, 3.05) is 36.4 Å². The molecule has 3 atom stereocenters. The fourth-order valence-electron chi connectivity index (χ4n) is 5.38. The molecule has 3 N–H and O–H groups in total. The molecule has 2 aromatic heterocycles. The molecule has 3 aromatic rings. The van der Waals surface area contributed by atoms with Crippen LogP contribution in [0.1, 0.15) is 24.4 Å². The first kappa shape index (κ1) is 23.3.